The first-order valence-electron chi connectivity index (χ1n) is 5.75. The van der Waals surface area contributed by atoms with Crippen molar-refractivity contribution in [3.63, 3.8) is 0 Å². The van der Waals surface area contributed by atoms with E-state index in [-0.39, 0.29) is 5.56 Å². The normalized spacial score (nSPS) is 13.4. The lowest BCUT2D eigenvalue weighted by Crippen LogP contribution is -2.21. The molecule has 1 aliphatic rings. The second kappa shape index (κ2) is 4.05. The Labute approximate surface area is 98.9 Å². The number of hydrogen-bond acceptors (Lipinski definition) is 3. The van der Waals surface area contributed by atoms with Gasteiger partial charge in [0.15, 0.2) is 0 Å². The Bertz CT molecular complexity index is 589. The Morgan fingerprint density at radius 2 is 2.18 bits per heavy atom. The number of nitrogens with one attached hydrogen (secondary N) is 1. The van der Waals surface area contributed by atoms with E-state index in [0.29, 0.717) is 11.5 Å². The number of rotatable bonds is 2. The maximum absolute atomic E-state index is 12.1. The smallest absolute Gasteiger partial charge is 0.274 e. The van der Waals surface area contributed by atoms with Gasteiger partial charge in [0.25, 0.3) is 5.56 Å². The lowest BCUT2D eigenvalue weighted by molar-refractivity contribution is 0.722. The molecular weight excluding hydrogens is 214 g/mol. The number of aryl methyl sites for hydroxylation is 1. The monoisotopic (exact) mass is 227 g/mol. The molecule has 0 radical (unpaired) electrons. The first-order valence-corrected chi connectivity index (χ1v) is 5.75. The van der Waals surface area contributed by atoms with Crippen LogP contribution < -0.4 is 10.9 Å². The fourth-order valence-corrected chi connectivity index (χ4v) is 2.17. The molecular formula is C13H13N3O. The Morgan fingerprint density at radius 3 is 3.00 bits per heavy atom. The minimum Gasteiger partial charge on any atom is -0.336 e. The predicted molar refractivity (Wildman–Crippen MR) is 66.5 cm³/mol. The molecule has 0 saturated heterocycles. The van der Waals surface area contributed by atoms with Gasteiger partial charge in [0.1, 0.15) is 11.5 Å². The highest BCUT2D eigenvalue weighted by atomic mass is 16.1. The van der Waals surface area contributed by atoms with Gasteiger partial charge in [-0.25, -0.2) is 4.98 Å². The molecule has 0 aliphatic carbocycles. The quantitative estimate of drug-likeness (QED) is 0.852. The minimum absolute atomic E-state index is 0.0469. The van der Waals surface area contributed by atoms with Crippen molar-refractivity contribution in [2.45, 2.75) is 19.4 Å². The van der Waals surface area contributed by atoms with E-state index in [0.717, 1.165) is 25.1 Å². The number of fused-ring (bicyclic) bond motifs is 1. The van der Waals surface area contributed by atoms with Gasteiger partial charge in [0.05, 0.1) is 0 Å². The van der Waals surface area contributed by atoms with Crippen LogP contribution in [-0.2, 0) is 13.0 Å². The van der Waals surface area contributed by atoms with E-state index in [9.17, 15) is 4.79 Å². The number of pyridine rings is 2. The first kappa shape index (κ1) is 10.1. The molecule has 3 heterocycles. The zero-order valence-electron chi connectivity index (χ0n) is 9.39. The summed E-state index contributed by atoms with van der Waals surface area (Å²) in [6, 6.07) is 9.44. The summed E-state index contributed by atoms with van der Waals surface area (Å²) in [5, 5.41) is 3.06. The van der Waals surface area contributed by atoms with E-state index in [1.807, 2.05) is 34.9 Å². The lowest BCUT2D eigenvalue weighted by Gasteiger charge is -2.08. The van der Waals surface area contributed by atoms with Crippen molar-refractivity contribution in [1.29, 1.82) is 0 Å². The maximum Gasteiger partial charge on any atom is 0.274 e. The van der Waals surface area contributed by atoms with Crippen molar-refractivity contribution in [1.82, 2.24) is 9.55 Å². The molecule has 4 nitrogen and oxygen atoms in total. The molecule has 2 aromatic heterocycles. The number of hydrogen-bond donors (Lipinski definition) is 1. The summed E-state index contributed by atoms with van der Waals surface area (Å²) in [6.45, 7) is 0.825. The number of nitrogens with zero attached hydrogens (tertiary/aromatic N) is 2. The molecule has 0 atom stereocenters. The third-order valence-corrected chi connectivity index (χ3v) is 3.01. The van der Waals surface area contributed by atoms with Gasteiger partial charge in [0, 0.05) is 18.4 Å². The predicted octanol–water partition coefficient (Wildman–Crippen LogP) is 1.93. The van der Waals surface area contributed by atoms with Crippen LogP contribution in [0.15, 0.2) is 41.3 Å². The summed E-state index contributed by atoms with van der Waals surface area (Å²) in [4.78, 5) is 16.3. The number of anilines is 2. The summed E-state index contributed by atoms with van der Waals surface area (Å²) in [7, 11) is 0. The van der Waals surface area contributed by atoms with Gasteiger partial charge in [-0.1, -0.05) is 6.07 Å². The summed E-state index contributed by atoms with van der Waals surface area (Å²) in [6.07, 6.45) is 3.76. The van der Waals surface area contributed by atoms with E-state index < -0.39 is 0 Å². The van der Waals surface area contributed by atoms with Gasteiger partial charge in [0.2, 0.25) is 0 Å². The first-order chi connectivity index (χ1) is 8.34. The van der Waals surface area contributed by atoms with Crippen LogP contribution in [0.4, 0.5) is 11.5 Å². The second-order valence-electron chi connectivity index (χ2n) is 4.14. The zero-order chi connectivity index (χ0) is 11.7. The van der Waals surface area contributed by atoms with Crippen LogP contribution in [-0.4, -0.2) is 9.55 Å². The van der Waals surface area contributed by atoms with Crippen LogP contribution in [0.3, 0.4) is 0 Å². The molecule has 0 bridgehead atoms. The van der Waals surface area contributed by atoms with Crippen molar-refractivity contribution in [3.8, 4) is 0 Å². The summed E-state index contributed by atoms with van der Waals surface area (Å²) in [5.41, 5.74) is 1.77. The molecule has 1 N–H and O–H groups in total. The molecule has 1 aliphatic heterocycles. The van der Waals surface area contributed by atoms with Gasteiger partial charge < -0.3 is 9.88 Å². The van der Waals surface area contributed by atoms with Gasteiger partial charge in [-0.2, -0.15) is 0 Å². The highest BCUT2D eigenvalue weighted by molar-refractivity contribution is 5.54. The third kappa shape index (κ3) is 1.82. The lowest BCUT2D eigenvalue weighted by atomic mass is 10.2. The summed E-state index contributed by atoms with van der Waals surface area (Å²) >= 11 is 0. The highest BCUT2D eigenvalue weighted by Gasteiger charge is 2.13. The van der Waals surface area contributed by atoms with Crippen LogP contribution in [0.5, 0.6) is 0 Å². The largest absolute Gasteiger partial charge is 0.336 e. The van der Waals surface area contributed by atoms with Crippen molar-refractivity contribution in [2.75, 3.05) is 5.32 Å². The average Bonchev–Trinajstić information content (AvgIpc) is 2.83. The van der Waals surface area contributed by atoms with E-state index in [1.165, 1.54) is 0 Å². The Hall–Kier alpha value is -2.10. The van der Waals surface area contributed by atoms with Crippen molar-refractivity contribution >= 4 is 11.5 Å². The fourth-order valence-electron chi connectivity index (χ4n) is 2.17. The summed E-state index contributed by atoms with van der Waals surface area (Å²) in [5.74, 6) is 0.697. The Morgan fingerprint density at radius 1 is 1.24 bits per heavy atom. The average molecular weight is 227 g/mol. The van der Waals surface area contributed by atoms with E-state index in [1.54, 1.807) is 6.20 Å². The van der Waals surface area contributed by atoms with Crippen molar-refractivity contribution in [2.24, 2.45) is 0 Å². The van der Waals surface area contributed by atoms with Crippen LogP contribution >= 0.6 is 0 Å². The molecule has 0 fully saturated rings. The highest BCUT2D eigenvalue weighted by Crippen LogP contribution is 2.15. The molecule has 86 valence electrons. The van der Waals surface area contributed by atoms with E-state index in [2.05, 4.69) is 10.3 Å². The third-order valence-electron chi connectivity index (χ3n) is 3.01. The fraction of sp³-hybridized carbons (Fsp3) is 0.231. The summed E-state index contributed by atoms with van der Waals surface area (Å²) < 4.78 is 1.84. The van der Waals surface area contributed by atoms with Gasteiger partial charge in [-0.3, -0.25) is 4.79 Å². The van der Waals surface area contributed by atoms with Gasteiger partial charge >= 0.3 is 0 Å². The van der Waals surface area contributed by atoms with Crippen molar-refractivity contribution in [3.05, 3.63) is 52.6 Å². The van der Waals surface area contributed by atoms with Crippen LogP contribution in [0, 0.1) is 0 Å². The van der Waals surface area contributed by atoms with Crippen molar-refractivity contribution < 1.29 is 0 Å². The topological polar surface area (TPSA) is 46.9 Å². The van der Waals surface area contributed by atoms with Gasteiger partial charge in [-0.05, 0) is 37.1 Å². The van der Waals surface area contributed by atoms with Crippen LogP contribution in [0.1, 0.15) is 12.1 Å². The molecule has 0 aromatic carbocycles. The Kier molecular flexibility index (Phi) is 2.40. The standard InChI is InChI=1S/C13H13N3O/c17-13-11(15-12-5-1-2-8-14-12)7-6-10-4-3-9-16(10)13/h1-2,5-8H,3-4,9H2,(H,14,15). The maximum atomic E-state index is 12.1. The molecule has 2 aromatic rings. The van der Waals surface area contributed by atoms with E-state index in [4.69, 9.17) is 0 Å². The molecule has 0 amide bonds. The van der Waals surface area contributed by atoms with Gasteiger partial charge in [-0.15, -0.1) is 0 Å². The van der Waals surface area contributed by atoms with E-state index >= 15 is 0 Å². The molecule has 3 rings (SSSR count). The molecule has 0 spiro atoms. The van der Waals surface area contributed by atoms with Crippen LogP contribution in [0.25, 0.3) is 0 Å². The Balaban J connectivity index is 1.98. The second-order valence-corrected chi connectivity index (χ2v) is 4.14. The molecule has 17 heavy (non-hydrogen) atoms. The minimum atomic E-state index is 0.0469. The van der Waals surface area contributed by atoms with Crippen LogP contribution in [0.2, 0.25) is 0 Å². The molecule has 4 heteroatoms. The zero-order valence-corrected chi connectivity index (χ0v) is 9.39. The molecule has 0 saturated carbocycles. The molecule has 0 unspecified atom stereocenters. The SMILES string of the molecule is O=c1c(Nc2ccccn2)ccc2n1CCC2. The number of aromatic nitrogens is 2.